The van der Waals surface area contributed by atoms with E-state index in [-0.39, 0.29) is 5.78 Å². The zero-order valence-corrected chi connectivity index (χ0v) is 12.8. The lowest BCUT2D eigenvalue weighted by atomic mass is 9.99. The summed E-state index contributed by atoms with van der Waals surface area (Å²) in [5, 5.41) is 0. The summed E-state index contributed by atoms with van der Waals surface area (Å²) in [4.78, 5) is 12.6. The van der Waals surface area contributed by atoms with Crippen molar-refractivity contribution < 1.29 is 13.6 Å². The lowest BCUT2D eigenvalue weighted by Crippen LogP contribution is -2.00. The molecule has 0 fully saturated rings. The minimum Gasteiger partial charge on any atom is -0.472 e. The van der Waals surface area contributed by atoms with Crippen molar-refractivity contribution in [2.45, 2.75) is 0 Å². The van der Waals surface area contributed by atoms with Crippen LogP contribution in [0.15, 0.2) is 94.6 Å². The van der Waals surface area contributed by atoms with Crippen LogP contribution in [0.2, 0.25) is 0 Å². The second-order valence-corrected chi connectivity index (χ2v) is 5.51. The van der Waals surface area contributed by atoms with Crippen molar-refractivity contribution in [2.24, 2.45) is 0 Å². The van der Waals surface area contributed by atoms with Gasteiger partial charge in [0, 0.05) is 22.3 Å². The summed E-state index contributed by atoms with van der Waals surface area (Å²) in [6, 6.07) is 18.9. The van der Waals surface area contributed by atoms with Crippen molar-refractivity contribution in [3.8, 4) is 22.3 Å². The molecule has 4 rings (SSSR count). The highest BCUT2D eigenvalue weighted by atomic mass is 16.3. The molecule has 0 N–H and O–H groups in total. The van der Waals surface area contributed by atoms with Gasteiger partial charge in [0.1, 0.15) is 0 Å². The Balaban J connectivity index is 1.57. The van der Waals surface area contributed by atoms with E-state index in [1.54, 1.807) is 25.1 Å². The van der Waals surface area contributed by atoms with Crippen LogP contribution in [0, 0.1) is 0 Å². The molecular formula is C21H14O3. The van der Waals surface area contributed by atoms with E-state index < -0.39 is 0 Å². The van der Waals surface area contributed by atoms with Gasteiger partial charge >= 0.3 is 0 Å². The first kappa shape index (κ1) is 14.3. The van der Waals surface area contributed by atoms with Gasteiger partial charge < -0.3 is 8.83 Å². The molecule has 0 saturated heterocycles. The first-order valence-electron chi connectivity index (χ1n) is 7.61. The average molecular weight is 314 g/mol. The summed E-state index contributed by atoms with van der Waals surface area (Å²) in [6.45, 7) is 0. The van der Waals surface area contributed by atoms with Gasteiger partial charge in [0.15, 0.2) is 5.78 Å². The number of rotatable bonds is 4. The summed E-state index contributed by atoms with van der Waals surface area (Å²) in [5.74, 6) is 0.00693. The molecule has 0 radical (unpaired) electrons. The van der Waals surface area contributed by atoms with Crippen LogP contribution in [0.4, 0.5) is 0 Å². The number of hydrogen-bond acceptors (Lipinski definition) is 3. The summed E-state index contributed by atoms with van der Waals surface area (Å²) < 4.78 is 10.2. The molecule has 4 aromatic rings. The number of ketones is 1. The van der Waals surface area contributed by atoms with Crippen LogP contribution in [0.5, 0.6) is 0 Å². The van der Waals surface area contributed by atoms with E-state index in [0.717, 1.165) is 22.3 Å². The molecule has 0 aliphatic carbocycles. The zero-order valence-electron chi connectivity index (χ0n) is 12.8. The Morgan fingerprint density at radius 1 is 0.542 bits per heavy atom. The van der Waals surface area contributed by atoms with Gasteiger partial charge in [0.2, 0.25) is 0 Å². The molecule has 0 amide bonds. The van der Waals surface area contributed by atoms with Crippen LogP contribution in [0.3, 0.4) is 0 Å². The Labute approximate surface area is 139 Å². The number of benzene rings is 2. The Hall–Kier alpha value is -3.33. The van der Waals surface area contributed by atoms with Gasteiger partial charge in [-0.25, -0.2) is 0 Å². The molecule has 2 heterocycles. The number of furan rings is 2. The Morgan fingerprint density at radius 2 is 0.958 bits per heavy atom. The number of carbonyl (C=O) groups excluding carboxylic acids is 1. The molecule has 0 aliphatic heterocycles. The standard InChI is InChI=1S/C21H14O3/c22-21(17-5-1-15(2-6-17)19-9-11-23-13-19)18-7-3-16(4-8-18)20-10-12-24-14-20/h1-14H. The highest BCUT2D eigenvalue weighted by Crippen LogP contribution is 2.23. The third-order valence-corrected chi connectivity index (χ3v) is 4.00. The molecule has 0 unspecified atom stereocenters. The smallest absolute Gasteiger partial charge is 0.193 e. The van der Waals surface area contributed by atoms with E-state index in [9.17, 15) is 4.79 Å². The minimum absolute atomic E-state index is 0.00693. The predicted molar refractivity (Wildman–Crippen MR) is 91.7 cm³/mol. The molecule has 2 aromatic carbocycles. The van der Waals surface area contributed by atoms with Crippen LogP contribution in [-0.2, 0) is 0 Å². The van der Waals surface area contributed by atoms with Crippen molar-refractivity contribution in [1.82, 2.24) is 0 Å². The Kier molecular flexibility index (Phi) is 3.60. The molecule has 24 heavy (non-hydrogen) atoms. The van der Waals surface area contributed by atoms with E-state index in [4.69, 9.17) is 8.83 Å². The largest absolute Gasteiger partial charge is 0.472 e. The monoisotopic (exact) mass is 314 g/mol. The molecule has 0 spiro atoms. The van der Waals surface area contributed by atoms with Gasteiger partial charge in [0.25, 0.3) is 0 Å². The summed E-state index contributed by atoms with van der Waals surface area (Å²) in [6.07, 6.45) is 6.64. The molecule has 0 bridgehead atoms. The highest BCUT2D eigenvalue weighted by molar-refractivity contribution is 6.09. The molecule has 116 valence electrons. The maximum atomic E-state index is 12.6. The van der Waals surface area contributed by atoms with Crippen LogP contribution in [0.25, 0.3) is 22.3 Å². The fraction of sp³-hybridized carbons (Fsp3) is 0. The fourth-order valence-electron chi connectivity index (χ4n) is 2.65. The Morgan fingerprint density at radius 3 is 1.29 bits per heavy atom. The quantitative estimate of drug-likeness (QED) is 0.471. The van der Waals surface area contributed by atoms with Crippen LogP contribution >= 0.6 is 0 Å². The third kappa shape index (κ3) is 2.68. The summed E-state index contributed by atoms with van der Waals surface area (Å²) in [5.41, 5.74) is 5.37. The van der Waals surface area contributed by atoms with Crippen LogP contribution in [0.1, 0.15) is 15.9 Å². The minimum atomic E-state index is 0.00693. The van der Waals surface area contributed by atoms with E-state index in [1.807, 2.05) is 60.7 Å². The SMILES string of the molecule is O=C(c1ccc(-c2ccoc2)cc1)c1ccc(-c2ccoc2)cc1. The molecule has 2 aromatic heterocycles. The van der Waals surface area contributed by atoms with Gasteiger partial charge in [-0.15, -0.1) is 0 Å². The van der Waals surface area contributed by atoms with E-state index >= 15 is 0 Å². The summed E-state index contributed by atoms with van der Waals surface area (Å²) >= 11 is 0. The highest BCUT2D eigenvalue weighted by Gasteiger charge is 2.10. The van der Waals surface area contributed by atoms with E-state index in [1.165, 1.54) is 0 Å². The van der Waals surface area contributed by atoms with Gasteiger partial charge in [0.05, 0.1) is 25.1 Å². The first-order valence-corrected chi connectivity index (χ1v) is 7.61. The summed E-state index contributed by atoms with van der Waals surface area (Å²) in [7, 11) is 0. The van der Waals surface area contributed by atoms with Gasteiger partial charge in [-0.1, -0.05) is 48.5 Å². The zero-order chi connectivity index (χ0) is 16.4. The van der Waals surface area contributed by atoms with Crippen LogP contribution < -0.4 is 0 Å². The normalized spacial score (nSPS) is 10.7. The van der Waals surface area contributed by atoms with Gasteiger partial charge in [-0.2, -0.15) is 0 Å². The van der Waals surface area contributed by atoms with E-state index in [0.29, 0.717) is 11.1 Å². The van der Waals surface area contributed by atoms with Crippen LogP contribution in [-0.4, -0.2) is 5.78 Å². The Bertz CT molecular complexity index is 850. The van der Waals surface area contributed by atoms with Gasteiger partial charge in [-0.3, -0.25) is 4.79 Å². The molecule has 3 nitrogen and oxygen atoms in total. The third-order valence-electron chi connectivity index (χ3n) is 4.00. The molecule has 3 heteroatoms. The molecule has 0 aliphatic rings. The maximum Gasteiger partial charge on any atom is 0.193 e. The van der Waals surface area contributed by atoms with Crippen molar-refractivity contribution >= 4 is 5.78 Å². The molecular weight excluding hydrogens is 300 g/mol. The second-order valence-electron chi connectivity index (χ2n) is 5.51. The first-order chi connectivity index (χ1) is 11.8. The predicted octanol–water partition coefficient (Wildman–Crippen LogP) is 5.44. The van der Waals surface area contributed by atoms with Gasteiger partial charge in [-0.05, 0) is 23.3 Å². The van der Waals surface area contributed by atoms with Crippen molar-refractivity contribution in [3.05, 3.63) is 96.8 Å². The fourth-order valence-corrected chi connectivity index (χ4v) is 2.65. The maximum absolute atomic E-state index is 12.6. The lowest BCUT2D eigenvalue weighted by Gasteiger charge is -2.04. The lowest BCUT2D eigenvalue weighted by molar-refractivity contribution is 0.103. The van der Waals surface area contributed by atoms with Crippen molar-refractivity contribution in [2.75, 3.05) is 0 Å². The number of hydrogen-bond donors (Lipinski definition) is 0. The average Bonchev–Trinajstić information content (AvgIpc) is 3.35. The van der Waals surface area contributed by atoms with Crippen molar-refractivity contribution in [3.63, 3.8) is 0 Å². The molecule has 0 atom stereocenters. The van der Waals surface area contributed by atoms with Crippen molar-refractivity contribution in [1.29, 1.82) is 0 Å². The number of carbonyl (C=O) groups is 1. The van der Waals surface area contributed by atoms with E-state index in [2.05, 4.69) is 0 Å². The topological polar surface area (TPSA) is 43.4 Å². The second kappa shape index (κ2) is 6.05. The molecule has 0 saturated carbocycles.